The Bertz CT molecular complexity index is 281. The topological polar surface area (TPSA) is 29.9 Å². The van der Waals surface area contributed by atoms with E-state index in [1.54, 1.807) is 0 Å². The van der Waals surface area contributed by atoms with Crippen LogP contribution in [-0.2, 0) is 12.1 Å². The van der Waals surface area contributed by atoms with Gasteiger partial charge in [0.05, 0.1) is 5.69 Å². The van der Waals surface area contributed by atoms with Crippen LogP contribution in [0, 0.1) is 6.92 Å². The number of imidazole rings is 1. The molecule has 1 aromatic heterocycles. The Morgan fingerprint density at radius 2 is 2.08 bits per heavy atom. The summed E-state index contributed by atoms with van der Waals surface area (Å²) in [5.41, 5.74) is 1.23. The zero-order valence-electron chi connectivity index (χ0n) is 9.18. The molecular formula is C10H19N3. The van der Waals surface area contributed by atoms with E-state index >= 15 is 0 Å². The first-order valence-corrected chi connectivity index (χ1v) is 4.65. The fourth-order valence-electron chi connectivity index (χ4n) is 1.48. The third-order valence-corrected chi connectivity index (χ3v) is 2.01. The molecule has 0 aliphatic heterocycles. The van der Waals surface area contributed by atoms with Gasteiger partial charge in [0.15, 0.2) is 0 Å². The van der Waals surface area contributed by atoms with Crippen molar-refractivity contribution in [2.24, 2.45) is 0 Å². The second-order valence-electron chi connectivity index (χ2n) is 4.35. The smallest absolute Gasteiger partial charge is 0.106 e. The average Bonchev–Trinajstić information content (AvgIpc) is 2.30. The van der Waals surface area contributed by atoms with Gasteiger partial charge in [0.25, 0.3) is 0 Å². The third-order valence-electron chi connectivity index (χ3n) is 2.01. The van der Waals surface area contributed by atoms with Gasteiger partial charge in [-0.05, 0) is 34.7 Å². The predicted molar refractivity (Wildman–Crippen MR) is 54.7 cm³/mol. The lowest BCUT2D eigenvalue weighted by Gasteiger charge is -2.22. The highest BCUT2D eigenvalue weighted by Gasteiger charge is 2.15. The Labute approximate surface area is 80.2 Å². The van der Waals surface area contributed by atoms with Crippen LogP contribution >= 0.6 is 0 Å². The maximum absolute atomic E-state index is 4.47. The number of aromatic nitrogens is 2. The van der Waals surface area contributed by atoms with Crippen molar-refractivity contribution in [2.45, 2.75) is 39.8 Å². The Balaban J connectivity index is 2.96. The van der Waals surface area contributed by atoms with Crippen molar-refractivity contribution in [1.82, 2.24) is 14.9 Å². The molecule has 0 fully saturated rings. The quantitative estimate of drug-likeness (QED) is 0.752. The lowest BCUT2D eigenvalue weighted by atomic mass is 10.1. The summed E-state index contributed by atoms with van der Waals surface area (Å²) >= 11 is 0. The van der Waals surface area contributed by atoms with Crippen molar-refractivity contribution >= 4 is 0 Å². The van der Waals surface area contributed by atoms with Gasteiger partial charge in [-0.3, -0.25) is 0 Å². The molecule has 1 aromatic rings. The maximum Gasteiger partial charge on any atom is 0.106 e. The summed E-state index contributed by atoms with van der Waals surface area (Å²) < 4.78 is 2.21. The minimum absolute atomic E-state index is 0.128. The largest absolute Gasteiger partial charge is 0.330 e. The molecule has 1 rings (SSSR count). The first kappa shape index (κ1) is 10.3. The molecule has 0 saturated carbocycles. The van der Waals surface area contributed by atoms with E-state index in [2.05, 4.69) is 41.8 Å². The van der Waals surface area contributed by atoms with E-state index in [0.717, 1.165) is 18.1 Å². The van der Waals surface area contributed by atoms with Crippen LogP contribution in [0.2, 0.25) is 0 Å². The summed E-state index contributed by atoms with van der Waals surface area (Å²) in [6.45, 7) is 9.44. The number of nitrogens with zero attached hydrogens (tertiary/aromatic N) is 2. The van der Waals surface area contributed by atoms with Crippen molar-refractivity contribution in [3.05, 3.63) is 17.7 Å². The molecule has 0 radical (unpaired) electrons. The van der Waals surface area contributed by atoms with Gasteiger partial charge >= 0.3 is 0 Å². The first-order chi connectivity index (χ1) is 5.95. The van der Waals surface area contributed by atoms with Crippen LogP contribution in [0.5, 0.6) is 0 Å². The van der Waals surface area contributed by atoms with E-state index in [0.29, 0.717) is 0 Å². The zero-order valence-corrected chi connectivity index (χ0v) is 9.18. The van der Waals surface area contributed by atoms with Crippen molar-refractivity contribution in [1.29, 1.82) is 0 Å². The second kappa shape index (κ2) is 3.50. The number of hydrogen-bond donors (Lipinski definition) is 1. The van der Waals surface area contributed by atoms with Gasteiger partial charge in [-0.2, -0.15) is 0 Å². The van der Waals surface area contributed by atoms with Gasteiger partial charge in [0.2, 0.25) is 0 Å². The fourth-order valence-corrected chi connectivity index (χ4v) is 1.48. The molecule has 1 heterocycles. The summed E-state index contributed by atoms with van der Waals surface area (Å²) in [4.78, 5) is 4.47. The molecule has 0 aromatic carbocycles. The van der Waals surface area contributed by atoms with Crippen molar-refractivity contribution in [3.63, 3.8) is 0 Å². The van der Waals surface area contributed by atoms with Crippen molar-refractivity contribution in [2.75, 3.05) is 7.05 Å². The van der Waals surface area contributed by atoms with Crippen molar-refractivity contribution < 1.29 is 0 Å². The van der Waals surface area contributed by atoms with E-state index < -0.39 is 0 Å². The highest BCUT2D eigenvalue weighted by atomic mass is 15.1. The lowest BCUT2D eigenvalue weighted by molar-refractivity contribution is 0.387. The highest BCUT2D eigenvalue weighted by molar-refractivity contribution is 5.05. The molecule has 0 amide bonds. The van der Waals surface area contributed by atoms with Crippen LogP contribution < -0.4 is 5.32 Å². The van der Waals surface area contributed by atoms with Crippen molar-refractivity contribution in [3.8, 4) is 0 Å². The SMILES string of the molecule is CNCc1cn(C(C)(C)C)c(C)n1. The Morgan fingerprint density at radius 1 is 1.46 bits per heavy atom. The number of hydrogen-bond acceptors (Lipinski definition) is 2. The van der Waals surface area contributed by atoms with Gasteiger partial charge in [-0.1, -0.05) is 0 Å². The minimum Gasteiger partial charge on any atom is -0.330 e. The number of rotatable bonds is 2. The van der Waals surface area contributed by atoms with Gasteiger partial charge < -0.3 is 9.88 Å². The Morgan fingerprint density at radius 3 is 2.46 bits per heavy atom. The lowest BCUT2D eigenvalue weighted by Crippen LogP contribution is -2.22. The molecule has 0 bridgehead atoms. The van der Waals surface area contributed by atoms with Crippen LogP contribution in [0.4, 0.5) is 0 Å². The van der Waals surface area contributed by atoms with Crippen LogP contribution in [0.15, 0.2) is 6.20 Å². The summed E-state index contributed by atoms with van der Waals surface area (Å²) in [6, 6.07) is 0. The summed E-state index contributed by atoms with van der Waals surface area (Å²) in [6.07, 6.45) is 2.12. The van der Waals surface area contributed by atoms with Crippen LogP contribution in [0.1, 0.15) is 32.3 Å². The van der Waals surface area contributed by atoms with Gasteiger partial charge in [0, 0.05) is 18.3 Å². The molecule has 0 unspecified atom stereocenters. The molecule has 3 nitrogen and oxygen atoms in total. The fraction of sp³-hybridized carbons (Fsp3) is 0.700. The van der Waals surface area contributed by atoms with Crippen LogP contribution in [-0.4, -0.2) is 16.6 Å². The van der Waals surface area contributed by atoms with Gasteiger partial charge in [-0.25, -0.2) is 4.98 Å². The van der Waals surface area contributed by atoms with E-state index in [1.165, 1.54) is 0 Å². The second-order valence-corrected chi connectivity index (χ2v) is 4.35. The summed E-state index contributed by atoms with van der Waals surface area (Å²) in [7, 11) is 1.94. The van der Waals surface area contributed by atoms with E-state index in [9.17, 15) is 0 Å². The molecule has 0 atom stereocenters. The minimum atomic E-state index is 0.128. The molecule has 0 spiro atoms. The average molecular weight is 181 g/mol. The Hall–Kier alpha value is -0.830. The van der Waals surface area contributed by atoms with Gasteiger partial charge in [0.1, 0.15) is 5.82 Å². The van der Waals surface area contributed by atoms with Crippen LogP contribution in [0.3, 0.4) is 0 Å². The molecular weight excluding hydrogens is 162 g/mol. The van der Waals surface area contributed by atoms with Crippen LogP contribution in [0.25, 0.3) is 0 Å². The molecule has 13 heavy (non-hydrogen) atoms. The third kappa shape index (κ3) is 2.31. The molecule has 0 saturated heterocycles. The van der Waals surface area contributed by atoms with E-state index in [4.69, 9.17) is 0 Å². The zero-order chi connectivity index (χ0) is 10.1. The standard InChI is InChI=1S/C10H19N3/c1-8-12-9(6-11-5)7-13(8)10(2,3)4/h7,11H,6H2,1-5H3. The predicted octanol–water partition coefficient (Wildman–Crippen LogP) is 1.67. The first-order valence-electron chi connectivity index (χ1n) is 4.65. The van der Waals surface area contributed by atoms with E-state index in [-0.39, 0.29) is 5.54 Å². The highest BCUT2D eigenvalue weighted by Crippen LogP contribution is 2.16. The molecule has 0 aliphatic carbocycles. The molecule has 3 heteroatoms. The summed E-state index contributed by atoms with van der Waals surface area (Å²) in [5, 5.41) is 3.10. The molecule has 0 aliphatic rings. The summed E-state index contributed by atoms with van der Waals surface area (Å²) in [5.74, 6) is 1.08. The molecule has 74 valence electrons. The van der Waals surface area contributed by atoms with E-state index in [1.807, 2.05) is 14.0 Å². The number of aryl methyl sites for hydroxylation is 1. The maximum atomic E-state index is 4.47. The van der Waals surface area contributed by atoms with Gasteiger partial charge in [-0.15, -0.1) is 0 Å². The normalized spacial score (nSPS) is 12.1. The molecule has 1 N–H and O–H groups in total. The Kier molecular flexibility index (Phi) is 2.76. The monoisotopic (exact) mass is 181 g/mol. The number of nitrogens with one attached hydrogen (secondary N) is 1.